The summed E-state index contributed by atoms with van der Waals surface area (Å²) in [5, 5.41) is 8.55. The highest BCUT2D eigenvalue weighted by atomic mass is 28.4. The highest BCUT2D eigenvalue weighted by molar-refractivity contribution is 6.46. The molecule has 0 amide bonds. The van der Waals surface area contributed by atoms with E-state index in [2.05, 4.69) is 0 Å². The van der Waals surface area contributed by atoms with Gasteiger partial charge in [0.05, 0.1) is 6.61 Å². The van der Waals surface area contributed by atoms with E-state index < -0.39 is 9.05 Å². The summed E-state index contributed by atoms with van der Waals surface area (Å²) in [6.07, 6.45) is 0. The summed E-state index contributed by atoms with van der Waals surface area (Å²) in [6, 6.07) is -0.0949. The van der Waals surface area contributed by atoms with Crippen molar-refractivity contribution >= 4 is 9.05 Å². The fourth-order valence-corrected chi connectivity index (χ4v) is 0.274. The lowest BCUT2D eigenvalue weighted by Crippen LogP contribution is -2.37. The van der Waals surface area contributed by atoms with Crippen molar-refractivity contribution in [3.05, 3.63) is 0 Å². The van der Waals surface area contributed by atoms with Gasteiger partial charge in [-0.2, -0.15) is 0 Å². The first-order chi connectivity index (χ1) is 5.48. The molecule has 0 radical (unpaired) electrons. The van der Waals surface area contributed by atoms with Gasteiger partial charge in [-0.1, -0.05) is 20.8 Å². The lowest BCUT2D eigenvalue weighted by molar-refractivity contribution is 0.117. The van der Waals surface area contributed by atoms with Crippen LogP contribution in [0, 0.1) is 5.41 Å². The summed E-state index contributed by atoms with van der Waals surface area (Å²) >= 11 is 0. The average molecular weight is 213 g/mol. The molecule has 0 heterocycles. The van der Waals surface area contributed by atoms with Crippen molar-refractivity contribution in [1.82, 2.24) is 0 Å². The zero-order valence-corrected chi connectivity index (χ0v) is 9.10. The standard InChI is InChI=1S/C6H15NO.H4O4Si/c1-6(2,3)5(7)4-8;1-5(2,3)4/h5,8H,4,7H2,1-3H3;1-4H. The molecule has 0 aliphatic carbocycles. The molecule has 0 spiro atoms. The fourth-order valence-electron chi connectivity index (χ4n) is 0.274. The zero-order valence-electron chi connectivity index (χ0n) is 8.10. The quantitative estimate of drug-likeness (QED) is 0.273. The molecule has 0 rings (SSSR count). The van der Waals surface area contributed by atoms with Crippen LogP contribution in [-0.2, 0) is 0 Å². The van der Waals surface area contributed by atoms with E-state index in [-0.39, 0.29) is 18.1 Å². The van der Waals surface area contributed by atoms with Crippen molar-refractivity contribution in [3.8, 4) is 0 Å². The predicted octanol–water partition coefficient (Wildman–Crippen LogP) is -2.26. The van der Waals surface area contributed by atoms with Crippen LogP contribution in [0.15, 0.2) is 0 Å². The molecule has 6 nitrogen and oxygen atoms in total. The minimum absolute atomic E-state index is 0.0365. The van der Waals surface area contributed by atoms with Crippen LogP contribution in [0.2, 0.25) is 0 Å². The van der Waals surface area contributed by atoms with Crippen molar-refractivity contribution in [2.45, 2.75) is 26.8 Å². The van der Waals surface area contributed by atoms with Gasteiger partial charge in [-0.3, -0.25) is 0 Å². The first-order valence-electron chi connectivity index (χ1n) is 3.74. The summed E-state index contributed by atoms with van der Waals surface area (Å²) in [7, 11) is -4.61. The van der Waals surface area contributed by atoms with Crippen LogP contribution < -0.4 is 5.73 Å². The topological polar surface area (TPSA) is 127 Å². The Balaban J connectivity index is 0. The molecule has 0 saturated heterocycles. The largest absolute Gasteiger partial charge is 0.668 e. The molecule has 0 fully saturated rings. The minimum atomic E-state index is -4.61. The molecule has 13 heavy (non-hydrogen) atoms. The highest BCUT2D eigenvalue weighted by Gasteiger charge is 2.22. The van der Waals surface area contributed by atoms with Gasteiger partial charge in [0, 0.05) is 6.04 Å². The summed E-state index contributed by atoms with van der Waals surface area (Å²) < 4.78 is 0. The number of aliphatic hydroxyl groups excluding tert-OH is 1. The number of aliphatic hydroxyl groups is 1. The lowest BCUT2D eigenvalue weighted by Gasteiger charge is -2.24. The maximum Gasteiger partial charge on any atom is 0.668 e. The minimum Gasteiger partial charge on any atom is -0.395 e. The number of rotatable bonds is 1. The Morgan fingerprint density at radius 1 is 1.15 bits per heavy atom. The van der Waals surface area contributed by atoms with Crippen LogP contribution in [0.5, 0.6) is 0 Å². The Kier molecular flexibility index (Phi) is 6.72. The lowest BCUT2D eigenvalue weighted by atomic mass is 9.88. The molecule has 7 heteroatoms. The van der Waals surface area contributed by atoms with Crippen molar-refractivity contribution in [3.63, 3.8) is 0 Å². The van der Waals surface area contributed by atoms with E-state index in [1.54, 1.807) is 0 Å². The molecule has 0 aromatic rings. The fraction of sp³-hybridized carbons (Fsp3) is 1.00. The maximum atomic E-state index is 8.55. The SMILES string of the molecule is CC(C)(C)C(N)CO.O[Si](O)(O)O. The summed E-state index contributed by atoms with van der Waals surface area (Å²) in [5.41, 5.74) is 5.54. The van der Waals surface area contributed by atoms with Crippen LogP contribution in [-0.4, -0.2) is 46.0 Å². The third-order valence-electron chi connectivity index (χ3n) is 1.31. The van der Waals surface area contributed by atoms with Gasteiger partial charge in [0.25, 0.3) is 0 Å². The van der Waals surface area contributed by atoms with Crippen molar-refractivity contribution in [1.29, 1.82) is 0 Å². The van der Waals surface area contributed by atoms with E-state index in [1.165, 1.54) is 0 Å². The molecule has 7 N–H and O–H groups in total. The predicted molar refractivity (Wildman–Crippen MR) is 49.1 cm³/mol. The Bertz CT molecular complexity index is 124. The van der Waals surface area contributed by atoms with Crippen molar-refractivity contribution in [2.24, 2.45) is 11.1 Å². The second kappa shape index (κ2) is 5.65. The van der Waals surface area contributed by atoms with E-state index in [0.717, 1.165) is 0 Å². The molecular weight excluding hydrogens is 194 g/mol. The number of nitrogens with two attached hydrogens (primary N) is 1. The van der Waals surface area contributed by atoms with E-state index in [4.69, 9.17) is 30.0 Å². The van der Waals surface area contributed by atoms with Crippen LogP contribution in [0.25, 0.3) is 0 Å². The highest BCUT2D eigenvalue weighted by Crippen LogP contribution is 2.15. The molecule has 0 aliphatic rings. The summed E-state index contributed by atoms with van der Waals surface area (Å²) in [5.74, 6) is 0. The first kappa shape index (κ1) is 15.4. The second-order valence-corrected chi connectivity index (χ2v) is 4.96. The van der Waals surface area contributed by atoms with Crippen molar-refractivity contribution < 1.29 is 24.3 Å². The number of hydrogen-bond acceptors (Lipinski definition) is 6. The molecule has 0 aliphatic heterocycles. The molecule has 0 bridgehead atoms. The van der Waals surface area contributed by atoms with Gasteiger partial charge in [0.2, 0.25) is 0 Å². The Hall–Kier alpha value is -0.0231. The molecule has 0 aromatic heterocycles. The average Bonchev–Trinajstić information content (AvgIpc) is 1.80. The maximum absolute atomic E-state index is 8.55. The van der Waals surface area contributed by atoms with E-state index in [9.17, 15) is 0 Å². The Labute approximate surface area is 78.8 Å². The van der Waals surface area contributed by atoms with Gasteiger partial charge < -0.3 is 30.0 Å². The van der Waals surface area contributed by atoms with Crippen LogP contribution >= 0.6 is 0 Å². The monoisotopic (exact) mass is 213 g/mol. The smallest absolute Gasteiger partial charge is 0.395 e. The normalized spacial score (nSPS) is 14.5. The number of hydrogen-bond donors (Lipinski definition) is 6. The molecular formula is C6H19NO5Si. The first-order valence-corrected chi connectivity index (χ1v) is 5.53. The Morgan fingerprint density at radius 2 is 1.38 bits per heavy atom. The van der Waals surface area contributed by atoms with E-state index >= 15 is 0 Å². The van der Waals surface area contributed by atoms with Gasteiger partial charge >= 0.3 is 9.05 Å². The second-order valence-electron chi connectivity index (χ2n) is 3.76. The third-order valence-corrected chi connectivity index (χ3v) is 1.31. The third kappa shape index (κ3) is 18.7. The zero-order chi connectivity index (χ0) is 11.3. The van der Waals surface area contributed by atoms with Crippen LogP contribution in [0.1, 0.15) is 20.8 Å². The molecule has 0 saturated carbocycles. The van der Waals surface area contributed by atoms with Gasteiger partial charge in [0.15, 0.2) is 0 Å². The van der Waals surface area contributed by atoms with Gasteiger partial charge in [-0.15, -0.1) is 0 Å². The van der Waals surface area contributed by atoms with Crippen molar-refractivity contribution in [2.75, 3.05) is 6.61 Å². The molecule has 1 atom stereocenters. The van der Waals surface area contributed by atoms with Gasteiger partial charge in [-0.05, 0) is 5.41 Å². The van der Waals surface area contributed by atoms with Gasteiger partial charge in [-0.25, -0.2) is 0 Å². The van der Waals surface area contributed by atoms with E-state index in [1.807, 2.05) is 20.8 Å². The molecule has 1 unspecified atom stereocenters. The Morgan fingerprint density at radius 3 is 1.38 bits per heavy atom. The van der Waals surface area contributed by atoms with Crippen LogP contribution in [0.4, 0.5) is 0 Å². The summed E-state index contributed by atoms with van der Waals surface area (Å²) in [6.45, 7) is 6.10. The van der Waals surface area contributed by atoms with E-state index in [0.29, 0.717) is 0 Å². The van der Waals surface area contributed by atoms with Crippen LogP contribution in [0.3, 0.4) is 0 Å². The van der Waals surface area contributed by atoms with Gasteiger partial charge in [0.1, 0.15) is 0 Å². The molecule has 0 aromatic carbocycles. The molecule has 82 valence electrons. The summed E-state index contributed by atoms with van der Waals surface area (Å²) in [4.78, 5) is 29.3.